The Hall–Kier alpha value is -1.62. The Morgan fingerprint density at radius 3 is 2.95 bits per heavy atom. The average molecular weight is 296 g/mol. The molecule has 1 saturated heterocycles. The summed E-state index contributed by atoms with van der Waals surface area (Å²) in [7, 11) is 0. The molecule has 0 atom stereocenters. The van der Waals surface area contributed by atoms with Crippen LogP contribution < -0.4 is 5.32 Å². The van der Waals surface area contributed by atoms with Gasteiger partial charge in [0.15, 0.2) is 0 Å². The summed E-state index contributed by atoms with van der Waals surface area (Å²) in [6, 6.07) is 3.25. The first-order chi connectivity index (χ1) is 9.56. The Morgan fingerprint density at radius 1 is 1.50 bits per heavy atom. The molecule has 1 fully saturated rings. The molecule has 0 saturated carbocycles. The van der Waals surface area contributed by atoms with E-state index in [9.17, 15) is 9.59 Å². The minimum Gasteiger partial charge on any atom is -0.352 e. The molecule has 1 aromatic heterocycles. The van der Waals surface area contributed by atoms with Crippen LogP contribution in [0.5, 0.6) is 0 Å². The lowest BCUT2D eigenvalue weighted by Gasteiger charge is -2.15. The summed E-state index contributed by atoms with van der Waals surface area (Å²) in [5.74, 6) is 0.0537. The van der Waals surface area contributed by atoms with E-state index >= 15 is 0 Å². The highest BCUT2D eigenvalue weighted by Crippen LogP contribution is 2.11. The van der Waals surface area contributed by atoms with Gasteiger partial charge in [-0.25, -0.2) is 4.98 Å². The van der Waals surface area contributed by atoms with Crippen molar-refractivity contribution in [1.29, 1.82) is 0 Å². The van der Waals surface area contributed by atoms with Crippen LogP contribution in [0.4, 0.5) is 0 Å². The summed E-state index contributed by atoms with van der Waals surface area (Å²) in [6.45, 7) is 3.88. The summed E-state index contributed by atoms with van der Waals surface area (Å²) < 4.78 is 0. The van der Waals surface area contributed by atoms with Gasteiger partial charge in [-0.05, 0) is 31.9 Å². The van der Waals surface area contributed by atoms with Gasteiger partial charge in [-0.3, -0.25) is 9.59 Å². The quantitative estimate of drug-likeness (QED) is 0.665. The number of hydrogen-bond acceptors (Lipinski definition) is 3. The lowest BCUT2D eigenvalue weighted by Crippen LogP contribution is -2.30. The minimum atomic E-state index is -0.162. The molecule has 0 bridgehead atoms. The average Bonchev–Trinajstić information content (AvgIpc) is 2.79. The number of hydrogen-bond donors (Lipinski definition) is 1. The molecule has 5 nitrogen and oxygen atoms in total. The molecule has 0 aliphatic carbocycles. The van der Waals surface area contributed by atoms with Crippen LogP contribution in [0.3, 0.4) is 0 Å². The van der Waals surface area contributed by atoms with Gasteiger partial charge in [0.2, 0.25) is 5.91 Å². The van der Waals surface area contributed by atoms with Crippen molar-refractivity contribution in [2.75, 3.05) is 19.6 Å². The zero-order valence-electron chi connectivity index (χ0n) is 11.5. The number of halogens is 1. The largest absolute Gasteiger partial charge is 0.352 e. The summed E-state index contributed by atoms with van der Waals surface area (Å²) in [5, 5.41) is 3.15. The molecular formula is C14H18ClN3O2. The van der Waals surface area contributed by atoms with Crippen LogP contribution in [-0.2, 0) is 4.79 Å². The van der Waals surface area contributed by atoms with Crippen molar-refractivity contribution in [2.45, 2.75) is 26.2 Å². The van der Waals surface area contributed by atoms with Gasteiger partial charge >= 0.3 is 0 Å². The molecular weight excluding hydrogens is 278 g/mol. The number of nitrogens with zero attached hydrogens (tertiary/aromatic N) is 2. The van der Waals surface area contributed by atoms with E-state index in [-0.39, 0.29) is 11.8 Å². The highest BCUT2D eigenvalue weighted by Gasteiger charge is 2.19. The van der Waals surface area contributed by atoms with E-state index in [4.69, 9.17) is 11.6 Å². The number of carbonyl (C=O) groups is 2. The number of pyridine rings is 1. The van der Waals surface area contributed by atoms with E-state index in [2.05, 4.69) is 10.3 Å². The molecule has 2 heterocycles. The minimum absolute atomic E-state index is 0.162. The Labute approximate surface area is 123 Å². The smallest absolute Gasteiger partial charge is 0.251 e. The predicted octanol–water partition coefficient (Wildman–Crippen LogP) is 1.79. The Bertz CT molecular complexity index is 499. The summed E-state index contributed by atoms with van der Waals surface area (Å²) in [4.78, 5) is 29.2. The number of rotatable bonds is 5. The monoisotopic (exact) mass is 295 g/mol. The fourth-order valence-corrected chi connectivity index (χ4v) is 2.52. The Balaban J connectivity index is 1.76. The molecule has 1 aliphatic heterocycles. The molecule has 108 valence electrons. The van der Waals surface area contributed by atoms with Gasteiger partial charge in [0, 0.05) is 37.3 Å². The number of amides is 2. The first kappa shape index (κ1) is 14.8. The maximum absolute atomic E-state index is 11.9. The highest BCUT2D eigenvalue weighted by atomic mass is 35.5. The second-order valence-corrected chi connectivity index (χ2v) is 5.30. The van der Waals surface area contributed by atoms with Crippen LogP contribution in [0, 0.1) is 6.92 Å². The third kappa shape index (κ3) is 3.93. The van der Waals surface area contributed by atoms with Gasteiger partial charge in [0.1, 0.15) is 5.15 Å². The van der Waals surface area contributed by atoms with E-state index in [1.165, 1.54) is 0 Å². The molecule has 0 unspecified atom stereocenters. The van der Waals surface area contributed by atoms with E-state index in [0.29, 0.717) is 35.9 Å². The normalized spacial score (nSPS) is 14.7. The summed E-state index contributed by atoms with van der Waals surface area (Å²) in [6.07, 6.45) is 2.36. The maximum atomic E-state index is 11.9. The molecule has 0 spiro atoms. The van der Waals surface area contributed by atoms with Crippen LogP contribution in [0.15, 0.2) is 12.1 Å². The van der Waals surface area contributed by atoms with Crippen molar-refractivity contribution in [3.8, 4) is 0 Å². The Morgan fingerprint density at radius 2 is 2.30 bits per heavy atom. The fourth-order valence-electron chi connectivity index (χ4n) is 2.27. The molecule has 0 aromatic carbocycles. The molecule has 1 aliphatic rings. The highest BCUT2D eigenvalue weighted by molar-refractivity contribution is 6.29. The van der Waals surface area contributed by atoms with Crippen molar-refractivity contribution < 1.29 is 9.59 Å². The summed E-state index contributed by atoms with van der Waals surface area (Å²) in [5.41, 5.74) is 1.23. The number of carbonyl (C=O) groups excluding carboxylic acids is 2. The molecule has 2 rings (SSSR count). The third-order valence-electron chi connectivity index (χ3n) is 3.25. The third-order valence-corrected chi connectivity index (χ3v) is 3.44. The molecule has 0 radical (unpaired) electrons. The van der Waals surface area contributed by atoms with Gasteiger partial charge in [0.25, 0.3) is 5.91 Å². The topological polar surface area (TPSA) is 62.3 Å². The molecule has 1 aromatic rings. The maximum Gasteiger partial charge on any atom is 0.251 e. The van der Waals surface area contributed by atoms with Gasteiger partial charge in [0.05, 0.1) is 0 Å². The second-order valence-electron chi connectivity index (χ2n) is 4.91. The molecule has 6 heteroatoms. The van der Waals surface area contributed by atoms with Crippen LogP contribution in [0.25, 0.3) is 0 Å². The fraction of sp³-hybridized carbons (Fsp3) is 0.500. The number of nitrogens with one attached hydrogen (secondary N) is 1. The van der Waals surface area contributed by atoms with E-state index in [0.717, 1.165) is 19.4 Å². The lowest BCUT2D eigenvalue weighted by atomic mass is 10.2. The van der Waals surface area contributed by atoms with E-state index < -0.39 is 0 Å². The second kappa shape index (κ2) is 6.70. The molecule has 2 amide bonds. The predicted molar refractivity (Wildman–Crippen MR) is 76.7 cm³/mol. The molecule has 20 heavy (non-hydrogen) atoms. The zero-order valence-corrected chi connectivity index (χ0v) is 12.2. The zero-order chi connectivity index (χ0) is 14.5. The van der Waals surface area contributed by atoms with E-state index in [1.807, 2.05) is 4.90 Å². The molecule has 1 N–H and O–H groups in total. The van der Waals surface area contributed by atoms with Crippen LogP contribution >= 0.6 is 11.6 Å². The van der Waals surface area contributed by atoms with Crippen molar-refractivity contribution in [2.24, 2.45) is 0 Å². The van der Waals surface area contributed by atoms with Crippen LogP contribution in [0.2, 0.25) is 5.15 Å². The Kier molecular flexibility index (Phi) is 4.95. The number of aryl methyl sites for hydroxylation is 1. The van der Waals surface area contributed by atoms with Crippen molar-refractivity contribution >= 4 is 23.4 Å². The van der Waals surface area contributed by atoms with Crippen molar-refractivity contribution in [3.05, 3.63) is 28.5 Å². The first-order valence-electron chi connectivity index (χ1n) is 6.76. The van der Waals surface area contributed by atoms with Crippen molar-refractivity contribution in [3.63, 3.8) is 0 Å². The van der Waals surface area contributed by atoms with Gasteiger partial charge in [-0.1, -0.05) is 11.6 Å². The lowest BCUT2D eigenvalue weighted by molar-refractivity contribution is -0.127. The van der Waals surface area contributed by atoms with Crippen molar-refractivity contribution in [1.82, 2.24) is 15.2 Å². The van der Waals surface area contributed by atoms with Crippen LogP contribution in [0.1, 0.15) is 35.3 Å². The number of aromatic nitrogens is 1. The number of likely N-dealkylation sites (tertiary alicyclic amines) is 1. The van der Waals surface area contributed by atoms with Gasteiger partial charge < -0.3 is 10.2 Å². The van der Waals surface area contributed by atoms with Gasteiger partial charge in [-0.2, -0.15) is 0 Å². The first-order valence-corrected chi connectivity index (χ1v) is 7.14. The SMILES string of the molecule is Cc1cc(C(=O)NCCCN2CCCC2=O)cc(Cl)n1. The van der Waals surface area contributed by atoms with Crippen LogP contribution in [-0.4, -0.2) is 41.3 Å². The summed E-state index contributed by atoms with van der Waals surface area (Å²) >= 11 is 5.82. The standard InChI is InChI=1S/C14H18ClN3O2/c1-10-8-11(9-12(15)17-10)14(20)16-5-3-7-18-6-2-4-13(18)19/h8-9H,2-7H2,1H3,(H,16,20). The van der Waals surface area contributed by atoms with Gasteiger partial charge in [-0.15, -0.1) is 0 Å². The van der Waals surface area contributed by atoms with E-state index in [1.54, 1.807) is 19.1 Å².